The second kappa shape index (κ2) is 8.05. The fourth-order valence-corrected chi connectivity index (χ4v) is 1.16. The fraction of sp³-hybridized carbons (Fsp3) is 0.900. The largest absolute Gasteiger partial charge is 0.349 e. The molecular formula is C10H22N2O. The van der Waals surface area contributed by atoms with Crippen LogP contribution in [0.4, 0.5) is 0 Å². The monoisotopic (exact) mass is 186 g/mol. The molecule has 0 spiro atoms. The Hall–Kier alpha value is -0.570. The topological polar surface area (TPSA) is 32.3 Å². The number of carbonyl (C=O) groups excluding carboxylic acids is 1. The van der Waals surface area contributed by atoms with Gasteiger partial charge in [0.25, 0.3) is 0 Å². The predicted octanol–water partition coefficient (Wildman–Crippen LogP) is 1.24. The normalized spacial score (nSPS) is 10.1. The molecule has 0 heterocycles. The Labute approximate surface area is 81.5 Å². The summed E-state index contributed by atoms with van der Waals surface area (Å²) in [5, 5.41) is 3.11. The van der Waals surface area contributed by atoms with Crippen molar-refractivity contribution in [1.29, 1.82) is 0 Å². The zero-order chi connectivity index (χ0) is 10.1. The first-order chi connectivity index (χ1) is 6.18. The lowest BCUT2D eigenvalue weighted by Gasteiger charge is -2.09. The van der Waals surface area contributed by atoms with Crippen molar-refractivity contribution in [2.45, 2.75) is 32.1 Å². The van der Waals surface area contributed by atoms with Crippen molar-refractivity contribution in [3.8, 4) is 0 Å². The van der Waals surface area contributed by atoms with Crippen LogP contribution in [0.3, 0.4) is 0 Å². The molecule has 3 nitrogen and oxygen atoms in total. The number of nitrogens with zero attached hydrogens (tertiary/aromatic N) is 1. The number of hydrogen-bond donors (Lipinski definition) is 1. The van der Waals surface area contributed by atoms with Crippen LogP contribution < -0.4 is 5.32 Å². The molecule has 1 amide bonds. The van der Waals surface area contributed by atoms with Crippen molar-refractivity contribution in [2.75, 3.05) is 27.7 Å². The third kappa shape index (κ3) is 7.78. The molecular weight excluding hydrogens is 164 g/mol. The van der Waals surface area contributed by atoms with Gasteiger partial charge in [0, 0.05) is 20.5 Å². The third-order valence-electron chi connectivity index (χ3n) is 2.07. The SMILES string of the molecule is CNCCCCCCC(=O)N(C)C. The zero-order valence-electron chi connectivity index (χ0n) is 9.10. The van der Waals surface area contributed by atoms with Gasteiger partial charge in [0.15, 0.2) is 0 Å². The molecule has 3 heteroatoms. The highest BCUT2D eigenvalue weighted by molar-refractivity contribution is 5.75. The molecule has 0 atom stereocenters. The van der Waals surface area contributed by atoms with Gasteiger partial charge in [-0.25, -0.2) is 0 Å². The van der Waals surface area contributed by atoms with Gasteiger partial charge in [0.1, 0.15) is 0 Å². The minimum Gasteiger partial charge on any atom is -0.349 e. The standard InChI is InChI=1S/C10H22N2O/c1-11-9-7-5-4-6-8-10(13)12(2)3/h11H,4-9H2,1-3H3. The van der Waals surface area contributed by atoms with E-state index in [9.17, 15) is 4.79 Å². The lowest BCUT2D eigenvalue weighted by atomic mass is 10.1. The maximum Gasteiger partial charge on any atom is 0.222 e. The highest BCUT2D eigenvalue weighted by atomic mass is 16.2. The molecule has 0 aromatic heterocycles. The summed E-state index contributed by atoms with van der Waals surface area (Å²) in [7, 11) is 5.59. The third-order valence-corrected chi connectivity index (χ3v) is 2.07. The molecule has 0 aliphatic rings. The summed E-state index contributed by atoms with van der Waals surface area (Å²) in [6.07, 6.45) is 5.34. The van der Waals surface area contributed by atoms with Crippen LogP contribution in [-0.2, 0) is 4.79 Å². The summed E-state index contributed by atoms with van der Waals surface area (Å²) in [5.41, 5.74) is 0. The molecule has 0 aliphatic heterocycles. The second-order valence-electron chi connectivity index (χ2n) is 3.56. The quantitative estimate of drug-likeness (QED) is 0.607. The average molecular weight is 186 g/mol. The molecule has 0 unspecified atom stereocenters. The van der Waals surface area contributed by atoms with E-state index in [1.165, 1.54) is 19.3 Å². The summed E-state index contributed by atoms with van der Waals surface area (Å²) in [6, 6.07) is 0. The smallest absolute Gasteiger partial charge is 0.222 e. The summed E-state index contributed by atoms with van der Waals surface area (Å²) < 4.78 is 0. The first kappa shape index (κ1) is 12.4. The molecule has 1 N–H and O–H groups in total. The summed E-state index contributed by atoms with van der Waals surface area (Å²) in [4.78, 5) is 12.8. The molecule has 0 aromatic carbocycles. The molecule has 0 aliphatic carbocycles. The molecule has 13 heavy (non-hydrogen) atoms. The predicted molar refractivity (Wildman–Crippen MR) is 55.7 cm³/mol. The number of hydrogen-bond acceptors (Lipinski definition) is 2. The molecule has 0 rings (SSSR count). The summed E-state index contributed by atoms with van der Waals surface area (Å²) >= 11 is 0. The van der Waals surface area contributed by atoms with Crippen LogP contribution in [-0.4, -0.2) is 38.5 Å². The van der Waals surface area contributed by atoms with Crippen LogP contribution in [0.2, 0.25) is 0 Å². The van der Waals surface area contributed by atoms with Gasteiger partial charge < -0.3 is 10.2 Å². The van der Waals surface area contributed by atoms with Crippen molar-refractivity contribution < 1.29 is 4.79 Å². The Kier molecular flexibility index (Phi) is 7.69. The Morgan fingerprint density at radius 1 is 1.15 bits per heavy atom. The van der Waals surface area contributed by atoms with Gasteiger partial charge in [-0.3, -0.25) is 4.79 Å². The van der Waals surface area contributed by atoms with Gasteiger partial charge in [-0.1, -0.05) is 12.8 Å². The second-order valence-corrected chi connectivity index (χ2v) is 3.56. The summed E-state index contributed by atoms with van der Waals surface area (Å²) in [6.45, 7) is 1.08. The van der Waals surface area contributed by atoms with Gasteiger partial charge in [-0.2, -0.15) is 0 Å². The van der Waals surface area contributed by atoms with Gasteiger partial charge in [-0.05, 0) is 26.4 Å². The number of amides is 1. The molecule has 0 saturated heterocycles. The van der Waals surface area contributed by atoms with Crippen molar-refractivity contribution in [1.82, 2.24) is 10.2 Å². The van der Waals surface area contributed by atoms with E-state index in [1.54, 1.807) is 4.90 Å². The van der Waals surface area contributed by atoms with E-state index in [2.05, 4.69) is 5.32 Å². The Balaban J connectivity index is 3.12. The zero-order valence-corrected chi connectivity index (χ0v) is 9.10. The summed E-state index contributed by atoms with van der Waals surface area (Å²) in [5.74, 6) is 0.244. The lowest BCUT2D eigenvalue weighted by molar-refractivity contribution is -0.128. The van der Waals surface area contributed by atoms with Gasteiger partial charge >= 0.3 is 0 Å². The molecule has 0 bridgehead atoms. The van der Waals surface area contributed by atoms with Crippen molar-refractivity contribution >= 4 is 5.91 Å². The lowest BCUT2D eigenvalue weighted by Crippen LogP contribution is -2.21. The molecule has 0 saturated carbocycles. The van der Waals surface area contributed by atoms with Crippen molar-refractivity contribution in [3.05, 3.63) is 0 Å². The van der Waals surface area contributed by atoms with E-state index >= 15 is 0 Å². The first-order valence-electron chi connectivity index (χ1n) is 5.03. The average Bonchev–Trinajstić information content (AvgIpc) is 2.10. The van der Waals surface area contributed by atoms with Crippen LogP contribution in [0.15, 0.2) is 0 Å². The first-order valence-corrected chi connectivity index (χ1v) is 5.03. The maximum absolute atomic E-state index is 11.1. The van der Waals surface area contributed by atoms with E-state index in [4.69, 9.17) is 0 Å². The number of nitrogens with one attached hydrogen (secondary N) is 1. The number of unbranched alkanes of at least 4 members (excludes halogenated alkanes) is 3. The number of carbonyl (C=O) groups is 1. The van der Waals surface area contributed by atoms with Gasteiger partial charge in [0.2, 0.25) is 5.91 Å². The van der Waals surface area contributed by atoms with E-state index in [1.807, 2.05) is 21.1 Å². The van der Waals surface area contributed by atoms with E-state index in [0.717, 1.165) is 13.0 Å². The van der Waals surface area contributed by atoms with Crippen LogP contribution in [0.25, 0.3) is 0 Å². The minimum absolute atomic E-state index is 0.244. The maximum atomic E-state index is 11.1. The molecule has 0 radical (unpaired) electrons. The van der Waals surface area contributed by atoms with E-state index < -0.39 is 0 Å². The Bertz CT molecular complexity index is 135. The van der Waals surface area contributed by atoms with Gasteiger partial charge in [-0.15, -0.1) is 0 Å². The van der Waals surface area contributed by atoms with Gasteiger partial charge in [0.05, 0.1) is 0 Å². The fourth-order valence-electron chi connectivity index (χ4n) is 1.16. The molecule has 0 fully saturated rings. The van der Waals surface area contributed by atoms with Crippen molar-refractivity contribution in [2.24, 2.45) is 0 Å². The Morgan fingerprint density at radius 3 is 2.31 bits per heavy atom. The molecule has 78 valence electrons. The van der Waals surface area contributed by atoms with Crippen molar-refractivity contribution in [3.63, 3.8) is 0 Å². The van der Waals surface area contributed by atoms with Crippen LogP contribution in [0.1, 0.15) is 32.1 Å². The number of rotatable bonds is 7. The minimum atomic E-state index is 0.244. The highest BCUT2D eigenvalue weighted by Gasteiger charge is 2.01. The van der Waals surface area contributed by atoms with Crippen LogP contribution in [0.5, 0.6) is 0 Å². The Morgan fingerprint density at radius 2 is 1.77 bits per heavy atom. The van der Waals surface area contributed by atoms with E-state index in [-0.39, 0.29) is 5.91 Å². The van der Waals surface area contributed by atoms with E-state index in [0.29, 0.717) is 6.42 Å². The molecule has 0 aromatic rings. The van der Waals surface area contributed by atoms with Crippen LogP contribution >= 0.6 is 0 Å². The highest BCUT2D eigenvalue weighted by Crippen LogP contribution is 2.03. The van der Waals surface area contributed by atoms with Crippen LogP contribution in [0, 0.1) is 0 Å².